The summed E-state index contributed by atoms with van der Waals surface area (Å²) >= 11 is 0. The smallest absolute Gasteiger partial charge is 0.253 e. The summed E-state index contributed by atoms with van der Waals surface area (Å²) in [6.07, 6.45) is 4.79. The van der Waals surface area contributed by atoms with Crippen molar-refractivity contribution in [1.29, 1.82) is 0 Å². The van der Waals surface area contributed by atoms with Crippen LogP contribution in [0.15, 0.2) is 55.2 Å². The number of benzene rings is 1. The van der Waals surface area contributed by atoms with E-state index >= 15 is 0 Å². The highest BCUT2D eigenvalue weighted by molar-refractivity contribution is 5.97. The molecule has 27 heavy (non-hydrogen) atoms. The Morgan fingerprint density at radius 2 is 2.00 bits per heavy atom. The first-order chi connectivity index (χ1) is 13.3. The first-order valence-corrected chi connectivity index (χ1v) is 8.82. The second-order valence-electron chi connectivity index (χ2n) is 6.13. The molecule has 0 bridgehead atoms. The van der Waals surface area contributed by atoms with E-state index in [0.717, 1.165) is 24.5 Å². The number of anilines is 1. The Hall–Kier alpha value is -3.26. The lowest BCUT2D eigenvalue weighted by molar-refractivity contribution is 0.0950. The van der Waals surface area contributed by atoms with Crippen LogP contribution in [0.25, 0.3) is 5.69 Å². The van der Waals surface area contributed by atoms with E-state index in [-0.39, 0.29) is 5.91 Å². The van der Waals surface area contributed by atoms with Crippen LogP contribution in [0.5, 0.6) is 0 Å². The van der Waals surface area contributed by atoms with E-state index in [1.54, 1.807) is 23.3 Å². The summed E-state index contributed by atoms with van der Waals surface area (Å²) in [5.74, 6) is 0.726. The summed E-state index contributed by atoms with van der Waals surface area (Å²) < 4.78 is 6.99. The van der Waals surface area contributed by atoms with Gasteiger partial charge in [0.15, 0.2) is 0 Å². The predicted molar refractivity (Wildman–Crippen MR) is 99.8 cm³/mol. The number of rotatable bonds is 5. The average Bonchev–Trinajstić information content (AvgIpc) is 3.28. The van der Waals surface area contributed by atoms with Crippen molar-refractivity contribution in [2.24, 2.45) is 0 Å². The molecule has 1 fully saturated rings. The predicted octanol–water partition coefficient (Wildman–Crippen LogP) is 1.43. The van der Waals surface area contributed by atoms with Gasteiger partial charge in [0.05, 0.1) is 24.5 Å². The number of hydrogen-bond donors (Lipinski definition) is 1. The van der Waals surface area contributed by atoms with Crippen LogP contribution in [0.4, 0.5) is 5.82 Å². The molecule has 0 spiro atoms. The lowest BCUT2D eigenvalue weighted by atomic mass is 10.1. The molecule has 8 heteroatoms. The number of ether oxygens (including phenoxy) is 1. The first-order valence-electron chi connectivity index (χ1n) is 8.82. The quantitative estimate of drug-likeness (QED) is 0.737. The molecule has 138 valence electrons. The van der Waals surface area contributed by atoms with Gasteiger partial charge in [0.1, 0.15) is 18.5 Å². The van der Waals surface area contributed by atoms with Crippen LogP contribution in [0.2, 0.25) is 0 Å². The lowest BCUT2D eigenvalue weighted by Crippen LogP contribution is -2.37. The van der Waals surface area contributed by atoms with Gasteiger partial charge in [-0.3, -0.25) is 4.79 Å². The number of hydrogen-bond acceptors (Lipinski definition) is 6. The Balaban J connectivity index is 1.51. The largest absolute Gasteiger partial charge is 0.378 e. The molecule has 1 aromatic carbocycles. The average molecular weight is 364 g/mol. The number of carbonyl (C=O) groups is 1. The number of nitrogens with one attached hydrogen (secondary N) is 1. The molecule has 1 amide bonds. The maximum Gasteiger partial charge on any atom is 0.253 e. The number of nitrogens with zero attached hydrogens (tertiary/aromatic N) is 5. The number of morpholine rings is 1. The standard InChI is InChI=1S/C19H20N6O2/c26-19(16-5-1-2-6-17(16)25-14-20-13-23-25)22-12-15-4-3-7-21-18(15)24-8-10-27-11-9-24/h1-7,13-14H,8-12H2,(H,22,26). The summed E-state index contributed by atoms with van der Waals surface area (Å²) in [5, 5.41) is 7.12. The zero-order valence-electron chi connectivity index (χ0n) is 14.8. The van der Waals surface area contributed by atoms with Gasteiger partial charge < -0.3 is 15.0 Å². The molecule has 1 aliphatic heterocycles. The van der Waals surface area contributed by atoms with Crippen molar-refractivity contribution in [3.05, 3.63) is 66.4 Å². The molecule has 1 N–H and O–H groups in total. The Morgan fingerprint density at radius 1 is 1.15 bits per heavy atom. The molecule has 2 aromatic heterocycles. The summed E-state index contributed by atoms with van der Waals surface area (Å²) in [7, 11) is 0. The molecule has 0 saturated carbocycles. The van der Waals surface area contributed by atoms with Crippen molar-refractivity contribution >= 4 is 11.7 Å². The first kappa shape index (κ1) is 17.2. The van der Waals surface area contributed by atoms with Crippen LogP contribution in [0, 0.1) is 0 Å². The van der Waals surface area contributed by atoms with Gasteiger partial charge in [-0.1, -0.05) is 18.2 Å². The van der Waals surface area contributed by atoms with E-state index in [1.165, 1.54) is 6.33 Å². The molecular formula is C19H20N6O2. The van der Waals surface area contributed by atoms with Crippen molar-refractivity contribution in [3.63, 3.8) is 0 Å². The highest BCUT2D eigenvalue weighted by Crippen LogP contribution is 2.19. The lowest BCUT2D eigenvalue weighted by Gasteiger charge is -2.29. The molecule has 1 aliphatic rings. The van der Waals surface area contributed by atoms with Crippen molar-refractivity contribution in [2.45, 2.75) is 6.54 Å². The summed E-state index contributed by atoms with van der Waals surface area (Å²) in [6.45, 7) is 3.37. The van der Waals surface area contributed by atoms with Crippen LogP contribution in [0.1, 0.15) is 15.9 Å². The fraction of sp³-hybridized carbons (Fsp3) is 0.263. The third kappa shape index (κ3) is 3.80. The van der Waals surface area contributed by atoms with Crippen LogP contribution in [-0.4, -0.2) is 52.0 Å². The summed E-state index contributed by atoms with van der Waals surface area (Å²) in [6, 6.07) is 11.2. The number of aromatic nitrogens is 4. The van der Waals surface area contributed by atoms with Crippen LogP contribution in [0.3, 0.4) is 0 Å². The summed E-state index contributed by atoms with van der Waals surface area (Å²) in [5.41, 5.74) is 2.21. The topological polar surface area (TPSA) is 85.2 Å². The van der Waals surface area contributed by atoms with E-state index < -0.39 is 0 Å². The van der Waals surface area contributed by atoms with Gasteiger partial charge in [-0.15, -0.1) is 0 Å². The number of carbonyl (C=O) groups excluding carboxylic acids is 1. The molecule has 0 unspecified atom stereocenters. The minimum absolute atomic E-state index is 0.169. The number of amides is 1. The number of pyridine rings is 1. The third-order valence-electron chi connectivity index (χ3n) is 4.43. The second-order valence-corrected chi connectivity index (χ2v) is 6.13. The maximum atomic E-state index is 12.8. The minimum Gasteiger partial charge on any atom is -0.378 e. The Kier molecular flexibility index (Phi) is 5.06. The second kappa shape index (κ2) is 7.96. The molecule has 0 aliphatic carbocycles. The molecule has 0 radical (unpaired) electrons. The highest BCUT2D eigenvalue weighted by Gasteiger charge is 2.17. The molecule has 8 nitrogen and oxygen atoms in total. The van der Waals surface area contributed by atoms with E-state index in [4.69, 9.17) is 4.74 Å². The van der Waals surface area contributed by atoms with Crippen LogP contribution < -0.4 is 10.2 Å². The van der Waals surface area contributed by atoms with E-state index in [9.17, 15) is 4.79 Å². The van der Waals surface area contributed by atoms with Crippen molar-refractivity contribution in [3.8, 4) is 5.69 Å². The molecule has 1 saturated heterocycles. The molecule has 4 rings (SSSR count). The van der Waals surface area contributed by atoms with E-state index in [1.807, 2.05) is 30.3 Å². The Bertz CT molecular complexity index is 906. The number of para-hydroxylation sites is 1. The normalized spacial score (nSPS) is 14.1. The van der Waals surface area contributed by atoms with Gasteiger partial charge in [-0.2, -0.15) is 5.10 Å². The fourth-order valence-corrected chi connectivity index (χ4v) is 3.10. The fourth-order valence-electron chi connectivity index (χ4n) is 3.10. The molecular weight excluding hydrogens is 344 g/mol. The minimum atomic E-state index is -0.169. The zero-order chi connectivity index (χ0) is 18.5. The van der Waals surface area contributed by atoms with Crippen molar-refractivity contribution in [2.75, 3.05) is 31.2 Å². The molecule has 0 atom stereocenters. The van der Waals surface area contributed by atoms with E-state index in [0.29, 0.717) is 31.0 Å². The van der Waals surface area contributed by atoms with Gasteiger partial charge in [0.2, 0.25) is 0 Å². The van der Waals surface area contributed by atoms with Gasteiger partial charge >= 0.3 is 0 Å². The van der Waals surface area contributed by atoms with Crippen molar-refractivity contribution < 1.29 is 9.53 Å². The monoisotopic (exact) mass is 364 g/mol. The van der Waals surface area contributed by atoms with Gasteiger partial charge in [0, 0.05) is 31.4 Å². The highest BCUT2D eigenvalue weighted by atomic mass is 16.5. The van der Waals surface area contributed by atoms with Gasteiger partial charge in [-0.25, -0.2) is 14.6 Å². The Morgan fingerprint density at radius 3 is 2.81 bits per heavy atom. The van der Waals surface area contributed by atoms with Gasteiger partial charge in [0.25, 0.3) is 5.91 Å². The van der Waals surface area contributed by atoms with E-state index in [2.05, 4.69) is 25.3 Å². The van der Waals surface area contributed by atoms with Crippen LogP contribution >= 0.6 is 0 Å². The van der Waals surface area contributed by atoms with Crippen molar-refractivity contribution in [1.82, 2.24) is 25.1 Å². The molecule has 3 heterocycles. The SMILES string of the molecule is O=C(NCc1cccnc1N1CCOCC1)c1ccccc1-n1cncn1. The van der Waals surface area contributed by atoms with Gasteiger partial charge in [-0.05, 0) is 18.2 Å². The maximum absolute atomic E-state index is 12.8. The Labute approximate surface area is 156 Å². The zero-order valence-corrected chi connectivity index (χ0v) is 14.8. The molecule has 3 aromatic rings. The third-order valence-corrected chi connectivity index (χ3v) is 4.43. The van der Waals surface area contributed by atoms with Crippen LogP contribution in [-0.2, 0) is 11.3 Å². The summed E-state index contributed by atoms with van der Waals surface area (Å²) in [4.78, 5) is 23.4.